The van der Waals surface area contributed by atoms with Crippen LogP contribution in [-0.4, -0.2) is 33.1 Å². The number of anilines is 2. The van der Waals surface area contributed by atoms with E-state index in [-0.39, 0.29) is 18.2 Å². The fraction of sp³-hybridized carbons (Fsp3) is 0.286. The number of amides is 2. The Morgan fingerprint density at radius 2 is 1.51 bits per heavy atom. The van der Waals surface area contributed by atoms with Gasteiger partial charge in [-0.15, -0.1) is 0 Å². The molecule has 0 bridgehead atoms. The lowest BCUT2D eigenvalue weighted by Gasteiger charge is -2.41. The van der Waals surface area contributed by atoms with Crippen LogP contribution in [0.5, 0.6) is 17.2 Å². The Hall–Kier alpha value is -4.00. The van der Waals surface area contributed by atoms with Gasteiger partial charge in [-0.3, -0.25) is 9.59 Å². The zero-order valence-corrected chi connectivity index (χ0v) is 20.4. The van der Waals surface area contributed by atoms with Crippen molar-refractivity contribution in [3.05, 3.63) is 77.9 Å². The van der Waals surface area contributed by atoms with Crippen LogP contribution in [0.2, 0.25) is 0 Å². The van der Waals surface area contributed by atoms with Crippen molar-refractivity contribution in [3.63, 3.8) is 0 Å². The largest absolute Gasteiger partial charge is 0.497 e. The third-order valence-electron chi connectivity index (χ3n) is 6.35. The number of aryl methyl sites for hydroxylation is 1. The second-order valence-electron chi connectivity index (χ2n) is 8.52. The molecular weight excluding hydrogens is 444 g/mol. The maximum atomic E-state index is 13.7. The fourth-order valence-corrected chi connectivity index (χ4v) is 4.54. The summed E-state index contributed by atoms with van der Waals surface area (Å²) in [4.78, 5) is 28.7. The zero-order valence-electron chi connectivity index (χ0n) is 20.4. The Kier molecular flexibility index (Phi) is 7.25. The van der Waals surface area contributed by atoms with Crippen LogP contribution in [0.1, 0.15) is 30.0 Å². The smallest absolute Gasteiger partial charge is 0.230 e. The molecule has 1 saturated heterocycles. The summed E-state index contributed by atoms with van der Waals surface area (Å²) in [6.07, 6.45) is 0.698. The zero-order chi connectivity index (χ0) is 24.9. The number of nitrogens with zero attached hydrogens (tertiary/aromatic N) is 1. The predicted octanol–water partition coefficient (Wildman–Crippen LogP) is 5.14. The highest BCUT2D eigenvalue weighted by Gasteiger charge is 2.41. The summed E-state index contributed by atoms with van der Waals surface area (Å²) < 4.78 is 16.1. The van der Waals surface area contributed by atoms with Crippen LogP contribution in [0.15, 0.2) is 66.7 Å². The Morgan fingerprint density at radius 1 is 0.886 bits per heavy atom. The number of methoxy groups -OCH3 is 3. The van der Waals surface area contributed by atoms with Crippen molar-refractivity contribution in [2.24, 2.45) is 5.92 Å². The molecule has 2 atom stereocenters. The van der Waals surface area contributed by atoms with Gasteiger partial charge in [0.2, 0.25) is 11.8 Å². The molecule has 1 N–H and O–H groups in total. The molecule has 3 aromatic rings. The first-order valence-electron chi connectivity index (χ1n) is 11.5. The first-order valence-corrected chi connectivity index (χ1v) is 11.5. The summed E-state index contributed by atoms with van der Waals surface area (Å²) in [5.41, 5.74) is 3.18. The van der Waals surface area contributed by atoms with Crippen molar-refractivity contribution in [2.75, 3.05) is 31.5 Å². The highest BCUT2D eigenvalue weighted by atomic mass is 16.5. The van der Waals surface area contributed by atoms with Gasteiger partial charge in [0.15, 0.2) is 0 Å². The molecule has 0 aliphatic carbocycles. The molecule has 1 aliphatic rings. The standard InChI is InChI=1S/C28H30N2O5/c1-18-5-15-25(35-4)24(17-18)29-28(32)23-14-16-26(31)30(20-8-12-22(34-3)13-9-20)27(23)19-6-10-21(33-2)11-7-19/h5-13,15,17,23,27H,14,16H2,1-4H3,(H,29,32). The molecule has 182 valence electrons. The summed E-state index contributed by atoms with van der Waals surface area (Å²) in [5, 5.41) is 3.05. The van der Waals surface area contributed by atoms with E-state index in [0.717, 1.165) is 11.1 Å². The quantitative estimate of drug-likeness (QED) is 0.513. The molecule has 3 aromatic carbocycles. The normalized spacial score (nSPS) is 17.6. The third-order valence-corrected chi connectivity index (χ3v) is 6.35. The van der Waals surface area contributed by atoms with Crippen LogP contribution in [0.4, 0.5) is 11.4 Å². The topological polar surface area (TPSA) is 77.1 Å². The third kappa shape index (κ3) is 5.09. The molecule has 0 spiro atoms. The Balaban J connectivity index is 1.74. The van der Waals surface area contributed by atoms with E-state index in [0.29, 0.717) is 35.0 Å². The molecule has 1 aliphatic heterocycles. The van der Waals surface area contributed by atoms with Crippen molar-refractivity contribution in [2.45, 2.75) is 25.8 Å². The van der Waals surface area contributed by atoms with Crippen LogP contribution >= 0.6 is 0 Å². The van der Waals surface area contributed by atoms with Gasteiger partial charge in [-0.05, 0) is 73.0 Å². The van der Waals surface area contributed by atoms with Gasteiger partial charge in [-0.1, -0.05) is 18.2 Å². The van der Waals surface area contributed by atoms with Gasteiger partial charge in [-0.25, -0.2) is 0 Å². The lowest BCUT2D eigenvalue weighted by atomic mass is 9.83. The van der Waals surface area contributed by atoms with Gasteiger partial charge in [0.25, 0.3) is 0 Å². The molecule has 2 unspecified atom stereocenters. The van der Waals surface area contributed by atoms with E-state index in [4.69, 9.17) is 14.2 Å². The molecule has 1 fully saturated rings. The minimum absolute atomic E-state index is 0.0341. The molecular formula is C28H30N2O5. The monoisotopic (exact) mass is 474 g/mol. The minimum Gasteiger partial charge on any atom is -0.497 e. The molecule has 35 heavy (non-hydrogen) atoms. The number of benzene rings is 3. The van der Waals surface area contributed by atoms with Crippen LogP contribution < -0.4 is 24.4 Å². The van der Waals surface area contributed by atoms with Crippen LogP contribution in [0.3, 0.4) is 0 Å². The Bertz CT molecular complexity index is 1190. The van der Waals surface area contributed by atoms with Gasteiger partial charge >= 0.3 is 0 Å². The second kappa shape index (κ2) is 10.5. The van der Waals surface area contributed by atoms with E-state index in [1.807, 2.05) is 73.7 Å². The maximum Gasteiger partial charge on any atom is 0.230 e. The Morgan fingerprint density at radius 3 is 2.11 bits per heavy atom. The van der Waals surface area contributed by atoms with E-state index in [1.165, 1.54) is 0 Å². The average Bonchev–Trinajstić information content (AvgIpc) is 2.88. The summed E-state index contributed by atoms with van der Waals surface area (Å²) in [5.74, 6) is 1.31. The maximum absolute atomic E-state index is 13.7. The minimum atomic E-state index is -0.494. The lowest BCUT2D eigenvalue weighted by Crippen LogP contribution is -2.47. The van der Waals surface area contributed by atoms with E-state index in [2.05, 4.69) is 5.32 Å². The molecule has 1 heterocycles. The van der Waals surface area contributed by atoms with Gasteiger partial charge < -0.3 is 24.4 Å². The number of piperidine rings is 1. The van der Waals surface area contributed by atoms with Crippen molar-refractivity contribution < 1.29 is 23.8 Å². The molecule has 7 nitrogen and oxygen atoms in total. The van der Waals surface area contributed by atoms with E-state index in [9.17, 15) is 9.59 Å². The summed E-state index contributed by atoms with van der Waals surface area (Å²) >= 11 is 0. The van der Waals surface area contributed by atoms with Crippen LogP contribution in [0, 0.1) is 12.8 Å². The first kappa shape index (κ1) is 24.1. The summed E-state index contributed by atoms with van der Waals surface area (Å²) in [6.45, 7) is 1.96. The SMILES string of the molecule is COc1ccc(C2C(C(=O)Nc3cc(C)ccc3OC)CCC(=O)N2c2ccc(OC)cc2)cc1. The number of carbonyl (C=O) groups is 2. The van der Waals surface area contributed by atoms with Crippen LogP contribution in [-0.2, 0) is 9.59 Å². The summed E-state index contributed by atoms with van der Waals surface area (Å²) in [7, 11) is 4.78. The van der Waals surface area contributed by atoms with Crippen molar-refractivity contribution >= 4 is 23.2 Å². The lowest BCUT2D eigenvalue weighted by molar-refractivity contribution is -0.125. The van der Waals surface area contributed by atoms with Gasteiger partial charge in [-0.2, -0.15) is 0 Å². The molecule has 2 amide bonds. The van der Waals surface area contributed by atoms with E-state index >= 15 is 0 Å². The average molecular weight is 475 g/mol. The van der Waals surface area contributed by atoms with Crippen molar-refractivity contribution in [1.29, 1.82) is 0 Å². The van der Waals surface area contributed by atoms with Gasteiger partial charge in [0.05, 0.1) is 39.0 Å². The molecule has 0 radical (unpaired) electrons. The first-order chi connectivity index (χ1) is 16.9. The Labute approximate surface area is 205 Å². The highest BCUT2D eigenvalue weighted by Crippen LogP contribution is 2.41. The molecule has 0 aromatic heterocycles. The number of nitrogens with one attached hydrogen (secondary N) is 1. The second-order valence-corrected chi connectivity index (χ2v) is 8.52. The number of rotatable bonds is 7. The van der Waals surface area contributed by atoms with Crippen molar-refractivity contribution in [1.82, 2.24) is 0 Å². The number of carbonyl (C=O) groups excluding carboxylic acids is 2. The van der Waals surface area contributed by atoms with E-state index in [1.54, 1.807) is 26.2 Å². The van der Waals surface area contributed by atoms with Gasteiger partial charge in [0.1, 0.15) is 17.2 Å². The summed E-state index contributed by atoms with van der Waals surface area (Å²) in [6, 6.07) is 20.0. The molecule has 0 saturated carbocycles. The predicted molar refractivity (Wildman–Crippen MR) is 135 cm³/mol. The number of hydrogen-bond donors (Lipinski definition) is 1. The number of ether oxygens (including phenoxy) is 3. The molecule has 4 rings (SSSR count). The van der Waals surface area contributed by atoms with E-state index < -0.39 is 12.0 Å². The fourth-order valence-electron chi connectivity index (χ4n) is 4.54. The van der Waals surface area contributed by atoms with Gasteiger partial charge in [0, 0.05) is 12.1 Å². The molecule has 7 heteroatoms. The number of hydrogen-bond acceptors (Lipinski definition) is 5. The van der Waals surface area contributed by atoms with Crippen molar-refractivity contribution in [3.8, 4) is 17.2 Å². The highest BCUT2D eigenvalue weighted by molar-refractivity contribution is 6.00. The van der Waals surface area contributed by atoms with Crippen LogP contribution in [0.25, 0.3) is 0 Å².